The second-order valence-electron chi connectivity index (χ2n) is 4.73. The maximum Gasteiger partial charge on any atom is 0.132 e. The van der Waals surface area contributed by atoms with E-state index in [1.807, 2.05) is 6.07 Å². The molecule has 0 atom stereocenters. The third-order valence-corrected chi connectivity index (χ3v) is 2.58. The van der Waals surface area contributed by atoms with Gasteiger partial charge < -0.3 is 10.6 Å². The first-order chi connectivity index (χ1) is 6.97. The molecule has 0 amide bonds. The topological polar surface area (TPSA) is 50.2 Å². The molecule has 0 saturated heterocycles. The van der Waals surface area contributed by atoms with Gasteiger partial charge in [-0.15, -0.1) is 0 Å². The summed E-state index contributed by atoms with van der Waals surface area (Å²) in [6.45, 7) is 0. The number of hydrogen-bond acceptors (Lipinski definition) is 2. The lowest BCUT2D eigenvalue weighted by molar-refractivity contribution is 0.476. The standard InChI is InChI=1S/C13H15NO.H2O/c1-14(2,3)12-6-4-10-5-7-13(15)9-11(10)8-12;/h4-9H,1-3H3;1H2. The fourth-order valence-corrected chi connectivity index (χ4v) is 1.64. The quantitative estimate of drug-likeness (QED) is 0.749. The number of hydrogen-bond donors (Lipinski definition) is 1. The van der Waals surface area contributed by atoms with Crippen molar-refractivity contribution in [3.8, 4) is 5.75 Å². The number of fused-ring (bicyclic) bond motifs is 1. The minimum Gasteiger partial charge on any atom is -0.870 e. The van der Waals surface area contributed by atoms with Gasteiger partial charge in [0.15, 0.2) is 0 Å². The van der Waals surface area contributed by atoms with Gasteiger partial charge >= 0.3 is 0 Å². The number of phenols is 1. The van der Waals surface area contributed by atoms with Crippen molar-refractivity contribution < 1.29 is 10.6 Å². The van der Waals surface area contributed by atoms with Crippen LogP contribution in [0.3, 0.4) is 0 Å². The molecular formula is C13H17NO2. The number of benzene rings is 2. The van der Waals surface area contributed by atoms with Crippen LogP contribution in [0.4, 0.5) is 5.69 Å². The van der Waals surface area contributed by atoms with E-state index in [1.165, 1.54) is 5.69 Å². The smallest absolute Gasteiger partial charge is 0.132 e. The predicted octanol–water partition coefficient (Wildman–Crippen LogP) is 2.57. The number of rotatable bonds is 1. The summed E-state index contributed by atoms with van der Waals surface area (Å²) in [5, 5.41) is 11.7. The SMILES string of the molecule is C[N+](C)(C)c1ccc2ccc(O)cc2c1.[OH-]. The molecule has 0 aliphatic carbocycles. The lowest BCUT2D eigenvalue weighted by Crippen LogP contribution is -2.34. The monoisotopic (exact) mass is 219 g/mol. The summed E-state index contributed by atoms with van der Waals surface area (Å²) in [6.07, 6.45) is 0. The van der Waals surface area contributed by atoms with E-state index < -0.39 is 0 Å². The van der Waals surface area contributed by atoms with Gasteiger partial charge in [0.1, 0.15) is 11.4 Å². The molecule has 0 aromatic heterocycles. The second kappa shape index (κ2) is 4.12. The van der Waals surface area contributed by atoms with Crippen LogP contribution in [-0.2, 0) is 0 Å². The van der Waals surface area contributed by atoms with Crippen LogP contribution in [0.15, 0.2) is 36.4 Å². The highest BCUT2D eigenvalue weighted by Crippen LogP contribution is 2.26. The third-order valence-electron chi connectivity index (χ3n) is 2.58. The van der Waals surface area contributed by atoms with Crippen LogP contribution in [0.2, 0.25) is 0 Å². The van der Waals surface area contributed by atoms with Gasteiger partial charge in [0, 0.05) is 6.07 Å². The summed E-state index contributed by atoms with van der Waals surface area (Å²) in [4.78, 5) is 0. The first-order valence-corrected chi connectivity index (χ1v) is 5.01. The van der Waals surface area contributed by atoms with Crippen molar-refractivity contribution in [1.29, 1.82) is 0 Å². The van der Waals surface area contributed by atoms with E-state index in [2.05, 4.69) is 39.3 Å². The van der Waals surface area contributed by atoms with Crippen LogP contribution in [0.5, 0.6) is 5.75 Å². The molecule has 0 aliphatic rings. The Labute approximate surface area is 95.5 Å². The summed E-state index contributed by atoms with van der Waals surface area (Å²) in [5.74, 6) is 0.320. The highest BCUT2D eigenvalue weighted by atomic mass is 16.3. The van der Waals surface area contributed by atoms with Crippen molar-refractivity contribution in [2.24, 2.45) is 0 Å². The van der Waals surface area contributed by atoms with Crippen LogP contribution < -0.4 is 4.48 Å². The molecular weight excluding hydrogens is 202 g/mol. The van der Waals surface area contributed by atoms with E-state index >= 15 is 0 Å². The first kappa shape index (κ1) is 12.5. The molecule has 2 rings (SSSR count). The Hall–Kier alpha value is -1.58. The van der Waals surface area contributed by atoms with Gasteiger partial charge in [-0.2, -0.15) is 0 Å². The zero-order valence-corrected chi connectivity index (χ0v) is 9.81. The summed E-state index contributed by atoms with van der Waals surface area (Å²) in [5.41, 5.74) is 1.23. The molecule has 2 aromatic carbocycles. The molecule has 2 aromatic rings. The predicted molar refractivity (Wildman–Crippen MR) is 67.1 cm³/mol. The number of phenolic OH excluding ortho intramolecular Hbond substituents is 1. The minimum absolute atomic E-state index is 0. The third kappa shape index (κ3) is 2.32. The molecule has 0 aliphatic heterocycles. The zero-order chi connectivity index (χ0) is 11.1. The molecule has 2 N–H and O–H groups in total. The highest BCUT2D eigenvalue weighted by Gasteiger charge is 2.11. The van der Waals surface area contributed by atoms with Gasteiger partial charge in [0.05, 0.1) is 21.1 Å². The van der Waals surface area contributed by atoms with E-state index in [0.717, 1.165) is 15.3 Å². The van der Waals surface area contributed by atoms with Crippen molar-refractivity contribution in [1.82, 2.24) is 4.48 Å². The Morgan fingerprint density at radius 3 is 2.12 bits per heavy atom. The maximum atomic E-state index is 9.42. The molecule has 0 saturated carbocycles. The first-order valence-electron chi connectivity index (χ1n) is 5.01. The molecule has 86 valence electrons. The Balaban J connectivity index is 0.00000128. The zero-order valence-electron chi connectivity index (χ0n) is 9.81. The lowest BCUT2D eigenvalue weighted by Gasteiger charge is -2.23. The summed E-state index contributed by atoms with van der Waals surface area (Å²) in [6, 6.07) is 11.8. The fraction of sp³-hybridized carbons (Fsp3) is 0.231. The maximum absolute atomic E-state index is 9.42. The molecule has 0 radical (unpaired) electrons. The van der Waals surface area contributed by atoms with Gasteiger partial charge in [-0.3, -0.25) is 4.48 Å². The summed E-state index contributed by atoms with van der Waals surface area (Å²) >= 11 is 0. The number of quaternary nitrogens is 1. The molecule has 0 heterocycles. The van der Waals surface area contributed by atoms with E-state index in [1.54, 1.807) is 12.1 Å². The number of nitrogens with zero attached hydrogens (tertiary/aromatic N) is 1. The lowest BCUT2D eigenvalue weighted by atomic mass is 10.1. The van der Waals surface area contributed by atoms with Crippen molar-refractivity contribution in [3.63, 3.8) is 0 Å². The van der Waals surface area contributed by atoms with Crippen LogP contribution >= 0.6 is 0 Å². The van der Waals surface area contributed by atoms with Crippen LogP contribution in [-0.4, -0.2) is 31.7 Å². The molecule has 3 nitrogen and oxygen atoms in total. The molecule has 0 fully saturated rings. The van der Waals surface area contributed by atoms with Crippen LogP contribution in [0, 0.1) is 0 Å². The van der Waals surface area contributed by atoms with E-state index in [0.29, 0.717) is 5.75 Å². The highest BCUT2D eigenvalue weighted by molar-refractivity contribution is 5.86. The van der Waals surface area contributed by atoms with Gasteiger partial charge in [-0.1, -0.05) is 6.07 Å². The van der Waals surface area contributed by atoms with Crippen molar-refractivity contribution in [2.45, 2.75) is 0 Å². The van der Waals surface area contributed by atoms with E-state index in [-0.39, 0.29) is 5.48 Å². The van der Waals surface area contributed by atoms with Gasteiger partial charge in [0.2, 0.25) is 0 Å². The fourth-order valence-electron chi connectivity index (χ4n) is 1.64. The summed E-state index contributed by atoms with van der Waals surface area (Å²) in [7, 11) is 6.39. The molecule has 0 bridgehead atoms. The Morgan fingerprint density at radius 1 is 0.875 bits per heavy atom. The average molecular weight is 219 g/mol. The Morgan fingerprint density at radius 2 is 1.50 bits per heavy atom. The van der Waals surface area contributed by atoms with Crippen LogP contribution in [0.1, 0.15) is 0 Å². The number of aromatic hydroxyl groups is 1. The van der Waals surface area contributed by atoms with E-state index in [4.69, 9.17) is 0 Å². The van der Waals surface area contributed by atoms with Crippen LogP contribution in [0.25, 0.3) is 10.8 Å². The van der Waals surface area contributed by atoms with Crippen molar-refractivity contribution >= 4 is 16.5 Å². The second-order valence-corrected chi connectivity index (χ2v) is 4.73. The minimum atomic E-state index is 0. The molecule has 0 spiro atoms. The van der Waals surface area contributed by atoms with Crippen molar-refractivity contribution in [3.05, 3.63) is 36.4 Å². The van der Waals surface area contributed by atoms with Gasteiger partial charge in [0.25, 0.3) is 0 Å². The summed E-state index contributed by atoms with van der Waals surface area (Å²) < 4.78 is 0.783. The van der Waals surface area contributed by atoms with E-state index in [9.17, 15) is 5.11 Å². The van der Waals surface area contributed by atoms with Crippen molar-refractivity contribution in [2.75, 3.05) is 21.1 Å². The Kier molecular flexibility index (Phi) is 3.21. The average Bonchev–Trinajstić information content (AvgIpc) is 2.15. The van der Waals surface area contributed by atoms with Gasteiger partial charge in [-0.05, 0) is 35.0 Å². The molecule has 3 heteroatoms. The largest absolute Gasteiger partial charge is 0.870 e. The van der Waals surface area contributed by atoms with Gasteiger partial charge in [-0.25, -0.2) is 0 Å². The molecule has 16 heavy (non-hydrogen) atoms. The molecule has 0 unspecified atom stereocenters. The Bertz CT molecular complexity index is 501. The normalized spacial score (nSPS) is 11.2.